The van der Waals surface area contributed by atoms with Gasteiger partial charge in [0.1, 0.15) is 0 Å². The van der Waals surface area contributed by atoms with Gasteiger partial charge in [-0.25, -0.2) is 0 Å². The second-order valence-electron chi connectivity index (χ2n) is 3.48. The lowest BCUT2D eigenvalue weighted by molar-refractivity contribution is -0.203. The summed E-state index contributed by atoms with van der Waals surface area (Å²) in [4.78, 5) is 0. The molecular formula is C8H17NO3. The van der Waals surface area contributed by atoms with Gasteiger partial charge in [-0.15, -0.1) is 0 Å². The van der Waals surface area contributed by atoms with E-state index < -0.39 is 11.9 Å². The van der Waals surface area contributed by atoms with Crippen molar-refractivity contribution < 1.29 is 14.6 Å². The molecule has 0 amide bonds. The van der Waals surface area contributed by atoms with Crippen molar-refractivity contribution >= 4 is 0 Å². The van der Waals surface area contributed by atoms with Crippen molar-refractivity contribution in [3.8, 4) is 0 Å². The highest BCUT2D eigenvalue weighted by molar-refractivity contribution is 4.77. The monoisotopic (exact) mass is 175 g/mol. The molecule has 4 heteroatoms. The average Bonchev–Trinajstić information content (AvgIpc) is 2.13. The van der Waals surface area contributed by atoms with Crippen LogP contribution in [0.4, 0.5) is 0 Å². The molecule has 1 heterocycles. The number of nitrogens with one attached hydrogen (secondary N) is 1. The van der Waals surface area contributed by atoms with Crippen LogP contribution in [0.15, 0.2) is 0 Å². The van der Waals surface area contributed by atoms with Gasteiger partial charge in [-0.1, -0.05) is 0 Å². The molecule has 0 spiro atoms. The van der Waals surface area contributed by atoms with Crippen LogP contribution in [0, 0.1) is 0 Å². The van der Waals surface area contributed by atoms with Crippen LogP contribution >= 0.6 is 0 Å². The maximum Gasteiger partial charge on any atom is 0.162 e. The van der Waals surface area contributed by atoms with Gasteiger partial charge < -0.3 is 19.9 Å². The topological polar surface area (TPSA) is 50.7 Å². The van der Waals surface area contributed by atoms with E-state index in [1.54, 1.807) is 7.05 Å². The normalized spacial score (nSPS) is 36.0. The fourth-order valence-corrected chi connectivity index (χ4v) is 1.12. The van der Waals surface area contributed by atoms with E-state index in [1.807, 2.05) is 13.8 Å². The Morgan fingerprint density at radius 1 is 1.33 bits per heavy atom. The van der Waals surface area contributed by atoms with E-state index in [4.69, 9.17) is 9.47 Å². The van der Waals surface area contributed by atoms with Gasteiger partial charge in [0, 0.05) is 0 Å². The zero-order valence-corrected chi connectivity index (χ0v) is 7.83. The molecule has 0 aromatic rings. The molecule has 0 aliphatic carbocycles. The zero-order chi connectivity index (χ0) is 9.19. The predicted octanol–water partition coefficient (Wildman–Crippen LogP) is -0.282. The highest BCUT2D eigenvalue weighted by Crippen LogP contribution is 2.16. The van der Waals surface area contributed by atoms with Gasteiger partial charge in [-0.3, -0.25) is 0 Å². The number of rotatable bonds is 1. The summed E-state index contributed by atoms with van der Waals surface area (Å²) in [5, 5.41) is 12.5. The Morgan fingerprint density at radius 2 is 1.92 bits per heavy atom. The lowest BCUT2D eigenvalue weighted by Gasteiger charge is -2.22. The summed E-state index contributed by atoms with van der Waals surface area (Å²) in [6, 6.07) is -0.0354. The number of likely N-dealkylation sites (N-methyl/N-ethyl adjacent to an activating group) is 1. The van der Waals surface area contributed by atoms with Crippen molar-refractivity contribution in [2.45, 2.75) is 31.8 Å². The van der Waals surface area contributed by atoms with Crippen LogP contribution in [0.3, 0.4) is 0 Å². The molecule has 12 heavy (non-hydrogen) atoms. The van der Waals surface area contributed by atoms with E-state index in [2.05, 4.69) is 5.32 Å². The van der Waals surface area contributed by atoms with Gasteiger partial charge in [0.2, 0.25) is 0 Å². The molecule has 1 saturated heterocycles. The Hall–Kier alpha value is -0.160. The van der Waals surface area contributed by atoms with Crippen LogP contribution in [-0.2, 0) is 9.47 Å². The van der Waals surface area contributed by atoms with Crippen molar-refractivity contribution in [1.29, 1.82) is 0 Å². The Kier molecular flexibility index (Phi) is 3.06. The molecule has 2 N–H and O–H groups in total. The third kappa shape index (κ3) is 2.42. The molecule has 0 aromatic carbocycles. The molecule has 1 fully saturated rings. The van der Waals surface area contributed by atoms with Gasteiger partial charge in [-0.05, 0) is 20.9 Å². The SMILES string of the molecule is CN[C@@H]1COC(C)(C)OC[C@H]1O. The van der Waals surface area contributed by atoms with Gasteiger partial charge >= 0.3 is 0 Å². The largest absolute Gasteiger partial charge is 0.389 e. The van der Waals surface area contributed by atoms with Crippen molar-refractivity contribution in [3.63, 3.8) is 0 Å². The Bertz CT molecular complexity index is 149. The van der Waals surface area contributed by atoms with Crippen molar-refractivity contribution in [2.24, 2.45) is 0 Å². The van der Waals surface area contributed by atoms with Crippen LogP contribution in [-0.4, -0.2) is 43.3 Å². The number of ether oxygens (including phenoxy) is 2. The minimum absolute atomic E-state index is 0.0354. The Labute approximate surface area is 72.9 Å². The van der Waals surface area contributed by atoms with E-state index in [0.717, 1.165) is 0 Å². The van der Waals surface area contributed by atoms with Crippen molar-refractivity contribution in [2.75, 3.05) is 20.3 Å². The van der Waals surface area contributed by atoms with Crippen LogP contribution in [0.1, 0.15) is 13.8 Å². The second-order valence-corrected chi connectivity index (χ2v) is 3.48. The third-order valence-corrected chi connectivity index (χ3v) is 2.05. The fourth-order valence-electron chi connectivity index (χ4n) is 1.12. The maximum absolute atomic E-state index is 9.51. The summed E-state index contributed by atoms with van der Waals surface area (Å²) < 4.78 is 10.7. The lowest BCUT2D eigenvalue weighted by atomic mass is 10.2. The maximum atomic E-state index is 9.51. The molecule has 1 aliphatic heterocycles. The van der Waals surface area contributed by atoms with Crippen LogP contribution < -0.4 is 5.32 Å². The first-order valence-corrected chi connectivity index (χ1v) is 4.18. The summed E-state index contributed by atoms with van der Waals surface area (Å²) in [5.41, 5.74) is 0. The molecule has 72 valence electrons. The first-order valence-electron chi connectivity index (χ1n) is 4.18. The fraction of sp³-hybridized carbons (Fsp3) is 1.00. The van der Waals surface area contributed by atoms with Gasteiger partial charge in [-0.2, -0.15) is 0 Å². The molecular weight excluding hydrogens is 158 g/mol. The van der Waals surface area contributed by atoms with Gasteiger partial charge in [0.15, 0.2) is 5.79 Å². The van der Waals surface area contributed by atoms with Crippen LogP contribution in [0.25, 0.3) is 0 Å². The summed E-state index contributed by atoms with van der Waals surface area (Å²) >= 11 is 0. The van der Waals surface area contributed by atoms with Gasteiger partial charge in [0.25, 0.3) is 0 Å². The highest BCUT2D eigenvalue weighted by atomic mass is 16.7. The number of hydrogen-bond acceptors (Lipinski definition) is 4. The molecule has 0 aromatic heterocycles. The van der Waals surface area contributed by atoms with E-state index in [-0.39, 0.29) is 6.04 Å². The standard InChI is InChI=1S/C8H17NO3/c1-8(2)11-4-6(9-3)7(10)5-12-8/h6-7,9-10H,4-5H2,1-3H3/t6-,7-/m1/s1. The molecule has 1 rings (SSSR count). The zero-order valence-electron chi connectivity index (χ0n) is 7.83. The summed E-state index contributed by atoms with van der Waals surface area (Å²) in [6.07, 6.45) is -0.489. The smallest absolute Gasteiger partial charge is 0.162 e. The van der Waals surface area contributed by atoms with Crippen LogP contribution in [0.5, 0.6) is 0 Å². The molecule has 0 unspecified atom stereocenters. The average molecular weight is 175 g/mol. The molecule has 1 aliphatic rings. The quantitative estimate of drug-likeness (QED) is 0.575. The van der Waals surface area contributed by atoms with Crippen molar-refractivity contribution in [1.82, 2.24) is 5.32 Å². The first kappa shape index (κ1) is 9.92. The minimum Gasteiger partial charge on any atom is -0.389 e. The molecule has 4 nitrogen and oxygen atoms in total. The number of aliphatic hydroxyl groups excluding tert-OH is 1. The molecule has 0 radical (unpaired) electrons. The molecule has 0 saturated carbocycles. The molecule has 2 atom stereocenters. The van der Waals surface area contributed by atoms with E-state index in [9.17, 15) is 5.11 Å². The molecule has 0 bridgehead atoms. The lowest BCUT2D eigenvalue weighted by Crippen LogP contribution is -2.41. The second kappa shape index (κ2) is 3.70. The predicted molar refractivity (Wildman–Crippen MR) is 44.8 cm³/mol. The van der Waals surface area contributed by atoms with Crippen molar-refractivity contribution in [3.05, 3.63) is 0 Å². The van der Waals surface area contributed by atoms with Crippen LogP contribution in [0.2, 0.25) is 0 Å². The Morgan fingerprint density at radius 3 is 2.50 bits per heavy atom. The summed E-state index contributed by atoms with van der Waals surface area (Å²) in [7, 11) is 1.80. The number of aliphatic hydroxyl groups is 1. The highest BCUT2D eigenvalue weighted by Gasteiger charge is 2.30. The summed E-state index contributed by atoms with van der Waals surface area (Å²) in [6.45, 7) is 4.48. The third-order valence-electron chi connectivity index (χ3n) is 2.05. The van der Waals surface area contributed by atoms with E-state index in [0.29, 0.717) is 13.2 Å². The summed E-state index contributed by atoms with van der Waals surface area (Å²) in [5.74, 6) is -0.577. The van der Waals surface area contributed by atoms with E-state index in [1.165, 1.54) is 0 Å². The van der Waals surface area contributed by atoms with Gasteiger partial charge in [0.05, 0.1) is 25.4 Å². The van der Waals surface area contributed by atoms with E-state index >= 15 is 0 Å². The minimum atomic E-state index is -0.577. The first-order chi connectivity index (χ1) is 5.55. The Balaban J connectivity index is 2.53. The number of hydrogen-bond donors (Lipinski definition) is 2.